The molecule has 11 heteroatoms. The molecule has 0 saturated heterocycles. The molecule has 1 aromatic carbocycles. The third-order valence-electron chi connectivity index (χ3n) is 6.17. The van der Waals surface area contributed by atoms with E-state index >= 15 is 0 Å². The zero-order chi connectivity index (χ0) is 29.8. The van der Waals surface area contributed by atoms with Gasteiger partial charge in [0.1, 0.15) is 11.6 Å². The molecule has 1 saturated carbocycles. The summed E-state index contributed by atoms with van der Waals surface area (Å²) in [6.07, 6.45) is 3.96. The van der Waals surface area contributed by atoms with Gasteiger partial charge in [-0.2, -0.15) is 18.4 Å². The second-order valence-corrected chi connectivity index (χ2v) is 8.77. The van der Waals surface area contributed by atoms with Crippen LogP contribution in [0.3, 0.4) is 0 Å². The summed E-state index contributed by atoms with van der Waals surface area (Å²) in [4.78, 5) is 13.4. The number of halogens is 3. The van der Waals surface area contributed by atoms with E-state index in [9.17, 15) is 18.0 Å². The molecule has 1 aromatic heterocycles. The standard InChI is InChI=1S/C10H21NO.C10H11NO.C7H5F3N2O.CH4O/c1-11-8-10-4-2-9(3-5-10)6-7-12;1-3-9-6-8(7-11)4-5-10(9)12-2;8-7(9,10)5-1-4(3-13)2-12-6(5)11;1-2/h9-12H,2-8H2,1H3;4-6H,3H2,1-2H3;1-3H,(H2,11,12);2H,1H3. The largest absolute Gasteiger partial charge is 0.496 e. The van der Waals surface area contributed by atoms with E-state index in [1.807, 2.05) is 26.1 Å². The molecule has 1 aliphatic rings. The summed E-state index contributed by atoms with van der Waals surface area (Å²) in [5, 5.41) is 27.6. The number of hydrogen-bond donors (Lipinski definition) is 4. The van der Waals surface area contributed by atoms with Gasteiger partial charge in [0.05, 0.1) is 24.3 Å². The first-order chi connectivity index (χ1) is 18.6. The highest BCUT2D eigenvalue weighted by Crippen LogP contribution is 2.32. The van der Waals surface area contributed by atoms with Crippen molar-refractivity contribution in [2.45, 2.75) is 51.6 Å². The van der Waals surface area contributed by atoms with E-state index in [1.165, 1.54) is 32.2 Å². The molecule has 0 spiro atoms. The number of pyridine rings is 1. The van der Waals surface area contributed by atoms with Gasteiger partial charge in [0.25, 0.3) is 0 Å². The van der Waals surface area contributed by atoms with Gasteiger partial charge in [0.2, 0.25) is 0 Å². The van der Waals surface area contributed by atoms with Crippen LogP contribution in [0, 0.1) is 23.2 Å². The Morgan fingerprint density at radius 2 is 1.82 bits per heavy atom. The number of hydrogen-bond acceptors (Lipinski definition) is 8. The highest BCUT2D eigenvalue weighted by molar-refractivity contribution is 5.75. The number of nitrogen functional groups attached to an aromatic ring is 1. The number of nitrogens with two attached hydrogens (primary N) is 1. The molecule has 0 atom stereocenters. The van der Waals surface area contributed by atoms with Crippen LogP contribution in [0.15, 0.2) is 30.5 Å². The molecule has 0 bridgehead atoms. The van der Waals surface area contributed by atoms with Crippen molar-refractivity contribution >= 4 is 12.1 Å². The fourth-order valence-electron chi connectivity index (χ4n) is 4.10. The van der Waals surface area contributed by atoms with Gasteiger partial charge < -0.3 is 26.0 Å². The summed E-state index contributed by atoms with van der Waals surface area (Å²) in [6, 6.07) is 8.21. The Morgan fingerprint density at radius 1 is 1.21 bits per heavy atom. The zero-order valence-corrected chi connectivity index (χ0v) is 23.1. The molecule has 0 radical (unpaired) electrons. The lowest BCUT2D eigenvalue weighted by Gasteiger charge is -2.27. The van der Waals surface area contributed by atoms with Crippen LogP contribution in [0.5, 0.6) is 5.75 Å². The van der Waals surface area contributed by atoms with Crippen LogP contribution >= 0.6 is 0 Å². The number of carbonyl (C=O) groups is 1. The SMILES string of the molecule is CCc1cc(C#N)ccc1OC.CNCC1CCC(CCO)CC1.CO.Nc1ncc(C=O)cc1C(F)(F)F. The van der Waals surface area contributed by atoms with Gasteiger partial charge in [-0.25, -0.2) is 4.98 Å². The van der Waals surface area contributed by atoms with E-state index in [0.717, 1.165) is 49.3 Å². The van der Waals surface area contributed by atoms with Crippen molar-refractivity contribution in [3.63, 3.8) is 0 Å². The number of aldehydes is 1. The number of carbonyl (C=O) groups excluding carboxylic acids is 1. The Balaban J connectivity index is 0.000000538. The second-order valence-electron chi connectivity index (χ2n) is 8.77. The van der Waals surface area contributed by atoms with Crippen molar-refractivity contribution in [2.75, 3.05) is 40.2 Å². The van der Waals surface area contributed by atoms with Crippen LogP contribution in [0.25, 0.3) is 0 Å². The van der Waals surface area contributed by atoms with Crippen LogP contribution < -0.4 is 15.8 Å². The van der Waals surface area contributed by atoms with Crippen molar-refractivity contribution in [1.82, 2.24) is 10.3 Å². The van der Waals surface area contributed by atoms with E-state index in [-0.39, 0.29) is 11.8 Å². The molecule has 0 amide bonds. The lowest BCUT2D eigenvalue weighted by molar-refractivity contribution is -0.137. The minimum Gasteiger partial charge on any atom is -0.496 e. The van der Waals surface area contributed by atoms with Crippen LogP contribution in [-0.2, 0) is 12.6 Å². The fraction of sp³-hybridized carbons (Fsp3) is 0.536. The molecule has 218 valence electrons. The Labute approximate surface area is 229 Å². The minimum absolute atomic E-state index is 0.151. The maximum Gasteiger partial charge on any atom is 0.419 e. The molecule has 5 N–H and O–H groups in total. The Morgan fingerprint density at radius 3 is 2.28 bits per heavy atom. The maximum absolute atomic E-state index is 12.1. The number of benzene rings is 1. The molecule has 1 aliphatic carbocycles. The predicted molar refractivity (Wildman–Crippen MR) is 145 cm³/mol. The van der Waals surface area contributed by atoms with Crippen molar-refractivity contribution in [3.8, 4) is 11.8 Å². The van der Waals surface area contributed by atoms with Gasteiger partial charge >= 0.3 is 6.18 Å². The van der Waals surface area contributed by atoms with Crippen LogP contribution in [0.4, 0.5) is 19.0 Å². The predicted octanol–water partition coefficient (Wildman–Crippen LogP) is 4.63. The van der Waals surface area contributed by atoms with E-state index < -0.39 is 17.6 Å². The number of aromatic nitrogens is 1. The number of nitriles is 1. The van der Waals surface area contributed by atoms with Gasteiger partial charge in [-0.15, -0.1) is 0 Å². The topological polar surface area (TPSA) is 141 Å². The highest BCUT2D eigenvalue weighted by atomic mass is 19.4. The van der Waals surface area contributed by atoms with Crippen LogP contribution in [-0.4, -0.2) is 55.9 Å². The molecule has 8 nitrogen and oxygen atoms in total. The fourth-order valence-corrected chi connectivity index (χ4v) is 4.10. The summed E-state index contributed by atoms with van der Waals surface area (Å²) in [6.45, 7) is 3.59. The van der Waals surface area contributed by atoms with E-state index in [2.05, 4.69) is 16.4 Å². The molecule has 0 unspecified atom stereocenters. The second kappa shape index (κ2) is 19.8. The summed E-state index contributed by atoms with van der Waals surface area (Å²) in [5.74, 6) is 1.93. The number of nitrogens with zero attached hydrogens (tertiary/aromatic N) is 2. The zero-order valence-electron chi connectivity index (χ0n) is 23.1. The Kier molecular flexibility index (Phi) is 18.2. The van der Waals surface area contributed by atoms with Crippen molar-refractivity contribution < 1.29 is 32.9 Å². The molecule has 39 heavy (non-hydrogen) atoms. The first-order valence-corrected chi connectivity index (χ1v) is 12.7. The molecular weight excluding hydrogens is 513 g/mol. The van der Waals surface area contributed by atoms with Crippen molar-refractivity contribution in [2.24, 2.45) is 11.8 Å². The van der Waals surface area contributed by atoms with Crippen LogP contribution in [0.2, 0.25) is 0 Å². The van der Waals surface area contributed by atoms with Crippen molar-refractivity contribution in [1.29, 1.82) is 5.26 Å². The normalized spacial score (nSPS) is 16.1. The summed E-state index contributed by atoms with van der Waals surface area (Å²) in [7, 11) is 4.67. The number of anilines is 1. The number of rotatable bonds is 7. The number of aliphatic hydroxyl groups is 2. The van der Waals surface area contributed by atoms with E-state index in [1.54, 1.807) is 13.2 Å². The van der Waals surface area contributed by atoms with Crippen LogP contribution in [0.1, 0.15) is 66.1 Å². The lowest BCUT2D eigenvalue weighted by Crippen LogP contribution is -2.24. The molecule has 1 fully saturated rings. The quantitative estimate of drug-likeness (QED) is 0.363. The minimum atomic E-state index is -4.57. The van der Waals surface area contributed by atoms with Gasteiger partial charge in [0.15, 0.2) is 6.29 Å². The van der Waals surface area contributed by atoms with Gasteiger partial charge in [0, 0.05) is 25.5 Å². The smallest absolute Gasteiger partial charge is 0.419 e. The summed E-state index contributed by atoms with van der Waals surface area (Å²) < 4.78 is 41.5. The first-order valence-electron chi connectivity index (χ1n) is 12.7. The first kappa shape index (κ1) is 35.8. The third kappa shape index (κ3) is 13.4. The average molecular weight is 555 g/mol. The van der Waals surface area contributed by atoms with E-state index in [0.29, 0.717) is 18.2 Å². The number of aliphatic hydroxyl groups excluding tert-OH is 2. The number of alkyl halides is 3. The molecule has 0 aliphatic heterocycles. The number of ether oxygens (including phenoxy) is 1. The molecule has 2 aromatic rings. The third-order valence-corrected chi connectivity index (χ3v) is 6.17. The highest BCUT2D eigenvalue weighted by Gasteiger charge is 2.33. The lowest BCUT2D eigenvalue weighted by atomic mass is 9.81. The number of nitrogens with one attached hydrogen (secondary N) is 1. The summed E-state index contributed by atoms with van der Waals surface area (Å²) >= 11 is 0. The molecule has 3 rings (SSSR count). The monoisotopic (exact) mass is 554 g/mol. The van der Waals surface area contributed by atoms with Gasteiger partial charge in [-0.3, -0.25) is 4.79 Å². The van der Waals surface area contributed by atoms with Crippen molar-refractivity contribution in [3.05, 3.63) is 52.7 Å². The van der Waals surface area contributed by atoms with E-state index in [4.69, 9.17) is 25.9 Å². The Hall–Kier alpha value is -3.20. The Bertz CT molecular complexity index is 991. The average Bonchev–Trinajstić information content (AvgIpc) is 2.95. The van der Waals surface area contributed by atoms with Gasteiger partial charge in [-0.05, 0) is 80.9 Å². The van der Waals surface area contributed by atoms with Gasteiger partial charge in [-0.1, -0.05) is 19.8 Å². The maximum atomic E-state index is 12.1. The number of aryl methyl sites for hydroxylation is 1. The number of methoxy groups -OCH3 is 1. The summed E-state index contributed by atoms with van der Waals surface area (Å²) in [5.41, 5.74) is 5.51. The molecular formula is C28H41F3N4O4. The molecule has 1 heterocycles.